The highest BCUT2D eigenvalue weighted by Crippen LogP contribution is 2.26. The summed E-state index contributed by atoms with van der Waals surface area (Å²) in [5, 5.41) is 11.5. The summed E-state index contributed by atoms with van der Waals surface area (Å²) in [5.74, 6) is -0.866. The molecule has 1 aromatic heterocycles. The quantitative estimate of drug-likeness (QED) is 0.128. The van der Waals surface area contributed by atoms with E-state index in [9.17, 15) is 24.1 Å². The monoisotopic (exact) mass is 592 g/mol. The lowest BCUT2D eigenvalue weighted by Gasteiger charge is -2.36. The van der Waals surface area contributed by atoms with E-state index >= 15 is 0 Å². The average Bonchev–Trinajstić information content (AvgIpc) is 3.45. The van der Waals surface area contributed by atoms with Crippen molar-refractivity contribution in [2.75, 3.05) is 26.3 Å². The molecule has 9 nitrogen and oxygen atoms in total. The molecule has 0 aliphatic heterocycles. The Kier molecular flexibility index (Phi) is 11.4. The summed E-state index contributed by atoms with van der Waals surface area (Å²) in [7, 11) is 0. The smallest absolute Gasteiger partial charge is 0.273 e. The van der Waals surface area contributed by atoms with Crippen molar-refractivity contribution in [2.24, 2.45) is 0 Å². The molecule has 1 heterocycles. The highest BCUT2D eigenvalue weighted by atomic mass is 19.1. The van der Waals surface area contributed by atoms with E-state index in [1.165, 1.54) is 23.1 Å². The maximum atomic E-state index is 14.1. The molecule has 10 heteroatoms. The maximum absolute atomic E-state index is 14.1. The second kappa shape index (κ2) is 15.4. The van der Waals surface area contributed by atoms with Crippen LogP contribution in [0.3, 0.4) is 0 Å². The van der Waals surface area contributed by atoms with Gasteiger partial charge in [-0.2, -0.15) is 0 Å². The zero-order chi connectivity index (χ0) is 30.8. The predicted molar refractivity (Wildman–Crippen MR) is 162 cm³/mol. The van der Waals surface area contributed by atoms with Gasteiger partial charge in [-0.15, -0.1) is 0 Å². The van der Waals surface area contributed by atoms with Gasteiger partial charge in [0.25, 0.3) is 11.6 Å². The number of nitro benzene ring substituents is 1. The molecular formula is C33H41FN4O5. The molecule has 1 fully saturated rings. The molecule has 0 radical (unpaired) electrons. The predicted octanol–water partition coefficient (Wildman–Crippen LogP) is 6.12. The topological polar surface area (TPSA) is 97.9 Å². The Morgan fingerprint density at radius 2 is 1.84 bits per heavy atom. The van der Waals surface area contributed by atoms with Crippen LogP contribution in [-0.2, 0) is 22.6 Å². The van der Waals surface area contributed by atoms with Crippen molar-refractivity contribution in [3.8, 4) is 0 Å². The Balaban J connectivity index is 1.57. The third-order valence-electron chi connectivity index (χ3n) is 8.04. The van der Waals surface area contributed by atoms with Gasteiger partial charge in [0.05, 0.1) is 11.5 Å². The van der Waals surface area contributed by atoms with Gasteiger partial charge in [-0.3, -0.25) is 19.7 Å². The number of aryl methyl sites for hydroxylation is 1. The highest BCUT2D eigenvalue weighted by molar-refractivity contribution is 5.97. The summed E-state index contributed by atoms with van der Waals surface area (Å²) in [5.41, 5.74) is 2.42. The Bertz CT molecular complexity index is 1380. The Hall–Kier alpha value is -4.05. The molecule has 1 saturated carbocycles. The van der Waals surface area contributed by atoms with Crippen LogP contribution in [0.5, 0.6) is 0 Å². The number of nitrogens with zero attached hydrogens (tertiary/aromatic N) is 4. The van der Waals surface area contributed by atoms with Gasteiger partial charge >= 0.3 is 0 Å². The molecule has 43 heavy (non-hydrogen) atoms. The zero-order valence-corrected chi connectivity index (χ0v) is 25.0. The van der Waals surface area contributed by atoms with E-state index in [1.54, 1.807) is 31.2 Å². The molecule has 230 valence electrons. The number of carbonyl (C=O) groups is 2. The summed E-state index contributed by atoms with van der Waals surface area (Å²) in [6, 6.07) is 14.8. The number of benzene rings is 2. The fourth-order valence-corrected chi connectivity index (χ4v) is 5.65. The minimum atomic E-state index is -0.497. The van der Waals surface area contributed by atoms with Crippen molar-refractivity contribution in [3.05, 3.63) is 99.1 Å². The normalized spacial score (nSPS) is 13.6. The average molecular weight is 593 g/mol. The van der Waals surface area contributed by atoms with Gasteiger partial charge < -0.3 is 19.1 Å². The first-order valence-electron chi connectivity index (χ1n) is 15.1. The van der Waals surface area contributed by atoms with Crippen LogP contribution in [0.25, 0.3) is 0 Å². The van der Waals surface area contributed by atoms with Crippen LogP contribution in [0.2, 0.25) is 0 Å². The Labute approximate surface area is 252 Å². The molecule has 2 aromatic carbocycles. The second-order valence-electron chi connectivity index (χ2n) is 11.1. The first-order chi connectivity index (χ1) is 20.8. The van der Waals surface area contributed by atoms with Gasteiger partial charge in [0.15, 0.2) is 0 Å². The maximum Gasteiger partial charge on any atom is 0.273 e. The van der Waals surface area contributed by atoms with Crippen molar-refractivity contribution >= 4 is 17.5 Å². The number of amides is 2. The van der Waals surface area contributed by atoms with Crippen LogP contribution in [-0.4, -0.2) is 63.4 Å². The Morgan fingerprint density at radius 1 is 1.09 bits per heavy atom. The van der Waals surface area contributed by atoms with Crippen molar-refractivity contribution < 1.29 is 23.6 Å². The lowest BCUT2D eigenvalue weighted by Crippen LogP contribution is -2.48. The van der Waals surface area contributed by atoms with Gasteiger partial charge in [0.1, 0.15) is 12.4 Å². The van der Waals surface area contributed by atoms with Gasteiger partial charge in [0, 0.05) is 61.4 Å². The van der Waals surface area contributed by atoms with E-state index in [1.807, 2.05) is 30.2 Å². The van der Waals surface area contributed by atoms with Crippen molar-refractivity contribution in [1.29, 1.82) is 0 Å². The third-order valence-corrected chi connectivity index (χ3v) is 8.04. The molecule has 4 rings (SSSR count). The molecule has 1 aliphatic carbocycles. The molecule has 0 bridgehead atoms. The van der Waals surface area contributed by atoms with Gasteiger partial charge in [-0.1, -0.05) is 37.5 Å². The largest absolute Gasteiger partial charge is 0.382 e. The SMILES string of the molecule is CCOCCCN(CC(=O)N(Cc1cccn1Cc1ccc(F)cc1)C1CCCCC1)C(=O)c1ccc(C)c([N+](=O)[O-])c1. The summed E-state index contributed by atoms with van der Waals surface area (Å²) >= 11 is 0. The molecule has 0 N–H and O–H groups in total. The zero-order valence-electron chi connectivity index (χ0n) is 25.0. The highest BCUT2D eigenvalue weighted by Gasteiger charge is 2.29. The van der Waals surface area contributed by atoms with Crippen LogP contribution < -0.4 is 0 Å². The molecule has 1 aliphatic rings. The minimum Gasteiger partial charge on any atom is -0.382 e. The van der Waals surface area contributed by atoms with E-state index in [0.717, 1.165) is 43.4 Å². The van der Waals surface area contributed by atoms with E-state index < -0.39 is 10.8 Å². The van der Waals surface area contributed by atoms with Crippen LogP contribution >= 0.6 is 0 Å². The molecule has 0 atom stereocenters. The number of rotatable bonds is 14. The van der Waals surface area contributed by atoms with Crippen molar-refractivity contribution in [2.45, 2.75) is 71.5 Å². The number of nitro groups is 1. The van der Waals surface area contributed by atoms with Crippen LogP contribution in [0.4, 0.5) is 10.1 Å². The lowest BCUT2D eigenvalue weighted by atomic mass is 9.94. The number of halogens is 1. The van der Waals surface area contributed by atoms with E-state index in [-0.39, 0.29) is 42.1 Å². The molecular weight excluding hydrogens is 551 g/mol. The number of ether oxygens (including phenoxy) is 1. The van der Waals surface area contributed by atoms with E-state index in [2.05, 4.69) is 4.57 Å². The molecule has 2 amide bonds. The van der Waals surface area contributed by atoms with Gasteiger partial charge in [-0.05, 0) is 69.0 Å². The van der Waals surface area contributed by atoms with E-state index in [4.69, 9.17) is 4.74 Å². The van der Waals surface area contributed by atoms with E-state index in [0.29, 0.717) is 38.3 Å². The van der Waals surface area contributed by atoms with Crippen LogP contribution in [0, 0.1) is 22.9 Å². The standard InChI is InChI=1S/C33H41FN4O5/c1-3-43-20-8-19-36(33(40)27-15-12-25(2)31(21-27)38(41)42)24-32(39)37(29-9-5-4-6-10-29)23-30-11-7-18-35(30)22-26-13-16-28(34)17-14-26/h7,11-18,21,29H,3-6,8-10,19-20,22-24H2,1-2H3. The second-order valence-corrected chi connectivity index (χ2v) is 11.1. The molecule has 0 spiro atoms. The number of hydrogen-bond donors (Lipinski definition) is 0. The van der Waals surface area contributed by atoms with Crippen molar-refractivity contribution in [1.82, 2.24) is 14.4 Å². The van der Waals surface area contributed by atoms with Gasteiger partial charge in [-0.25, -0.2) is 4.39 Å². The summed E-state index contributed by atoms with van der Waals surface area (Å²) in [6.07, 6.45) is 7.48. The summed E-state index contributed by atoms with van der Waals surface area (Å²) in [6.45, 7) is 5.58. The van der Waals surface area contributed by atoms with Crippen LogP contribution in [0.1, 0.15) is 72.6 Å². The molecule has 0 unspecified atom stereocenters. The number of hydrogen-bond acceptors (Lipinski definition) is 5. The molecule has 3 aromatic rings. The lowest BCUT2D eigenvalue weighted by molar-refractivity contribution is -0.385. The first kappa shape index (κ1) is 31.9. The first-order valence-corrected chi connectivity index (χ1v) is 15.1. The third kappa shape index (κ3) is 8.73. The van der Waals surface area contributed by atoms with Crippen molar-refractivity contribution in [3.63, 3.8) is 0 Å². The fraction of sp³-hybridized carbons (Fsp3) is 0.455. The minimum absolute atomic E-state index is 0.0521. The van der Waals surface area contributed by atoms with Crippen LogP contribution in [0.15, 0.2) is 60.8 Å². The Morgan fingerprint density at radius 3 is 2.53 bits per heavy atom. The number of aromatic nitrogens is 1. The number of carbonyl (C=O) groups excluding carboxylic acids is 2. The summed E-state index contributed by atoms with van der Waals surface area (Å²) in [4.78, 5) is 42.2. The van der Waals surface area contributed by atoms with Gasteiger partial charge in [0.2, 0.25) is 5.91 Å². The molecule has 0 saturated heterocycles. The fourth-order valence-electron chi connectivity index (χ4n) is 5.65. The summed E-state index contributed by atoms with van der Waals surface area (Å²) < 4.78 is 21.0.